The maximum Gasteiger partial charge on any atom is 0.316 e. The van der Waals surface area contributed by atoms with E-state index in [2.05, 4.69) is 26.8 Å². The van der Waals surface area contributed by atoms with Gasteiger partial charge in [-0.05, 0) is 24.8 Å². The summed E-state index contributed by atoms with van der Waals surface area (Å²) < 4.78 is 5.03. The molecule has 2 nitrogen and oxygen atoms in total. The molecule has 0 aromatic carbocycles. The molecule has 84 valence electrons. The molecule has 0 amide bonds. The Balaban J connectivity index is 2.85. The lowest BCUT2D eigenvalue weighted by Crippen LogP contribution is -2.15. The van der Waals surface area contributed by atoms with Gasteiger partial charge in [0.2, 0.25) is 0 Å². The molecular formula is C13H20O2. The van der Waals surface area contributed by atoms with E-state index in [9.17, 15) is 4.79 Å². The Bertz CT molecular complexity index is 316. The van der Waals surface area contributed by atoms with Gasteiger partial charge in [-0.3, -0.25) is 4.79 Å². The smallest absolute Gasteiger partial charge is 0.316 e. The Morgan fingerprint density at radius 2 is 2.07 bits per heavy atom. The monoisotopic (exact) mass is 208 g/mol. The molecule has 1 aliphatic rings. The molecule has 0 aromatic heterocycles. The van der Waals surface area contributed by atoms with Crippen molar-refractivity contribution in [2.24, 2.45) is 11.3 Å². The van der Waals surface area contributed by atoms with Crippen molar-refractivity contribution < 1.29 is 9.53 Å². The number of rotatable bonds is 2. The maximum absolute atomic E-state index is 11.6. The van der Waals surface area contributed by atoms with Crippen LogP contribution in [0.3, 0.4) is 0 Å². The zero-order chi connectivity index (χ0) is 11.6. The van der Waals surface area contributed by atoms with E-state index in [1.54, 1.807) is 0 Å². The highest BCUT2D eigenvalue weighted by Crippen LogP contribution is 2.35. The Morgan fingerprint density at radius 3 is 2.47 bits per heavy atom. The third-order valence-corrected chi connectivity index (χ3v) is 2.63. The van der Waals surface area contributed by atoms with Crippen LogP contribution < -0.4 is 0 Å². The fourth-order valence-corrected chi connectivity index (χ4v) is 1.65. The molecule has 0 saturated carbocycles. The highest BCUT2D eigenvalue weighted by Gasteiger charge is 2.28. The van der Waals surface area contributed by atoms with Crippen molar-refractivity contribution in [1.82, 2.24) is 0 Å². The van der Waals surface area contributed by atoms with Crippen LogP contribution in [0.2, 0.25) is 0 Å². The molecule has 2 heteroatoms. The minimum atomic E-state index is -0.167. The van der Waals surface area contributed by atoms with E-state index < -0.39 is 0 Å². The molecule has 0 aliphatic heterocycles. The van der Waals surface area contributed by atoms with Crippen LogP contribution in [0.25, 0.3) is 0 Å². The van der Waals surface area contributed by atoms with E-state index in [0.29, 0.717) is 6.61 Å². The number of carbonyl (C=O) groups is 1. The van der Waals surface area contributed by atoms with Crippen LogP contribution in [0, 0.1) is 11.3 Å². The van der Waals surface area contributed by atoms with Crippen molar-refractivity contribution in [3.63, 3.8) is 0 Å². The third-order valence-electron chi connectivity index (χ3n) is 2.63. The van der Waals surface area contributed by atoms with E-state index in [0.717, 1.165) is 5.57 Å². The lowest BCUT2D eigenvalue weighted by molar-refractivity contribution is -0.145. The molecule has 0 heterocycles. The van der Waals surface area contributed by atoms with Crippen LogP contribution in [0.1, 0.15) is 34.6 Å². The molecule has 0 spiro atoms. The van der Waals surface area contributed by atoms with Gasteiger partial charge in [0.25, 0.3) is 0 Å². The van der Waals surface area contributed by atoms with E-state index in [1.807, 2.05) is 19.9 Å². The molecule has 0 aromatic rings. The van der Waals surface area contributed by atoms with Crippen molar-refractivity contribution in [1.29, 1.82) is 0 Å². The van der Waals surface area contributed by atoms with Gasteiger partial charge in [-0.1, -0.05) is 38.5 Å². The summed E-state index contributed by atoms with van der Waals surface area (Å²) >= 11 is 0. The van der Waals surface area contributed by atoms with Crippen LogP contribution in [-0.4, -0.2) is 12.6 Å². The van der Waals surface area contributed by atoms with Crippen LogP contribution in [-0.2, 0) is 9.53 Å². The number of hydrogen-bond acceptors (Lipinski definition) is 2. The molecule has 1 atom stereocenters. The van der Waals surface area contributed by atoms with Crippen molar-refractivity contribution in [2.75, 3.05) is 6.61 Å². The van der Waals surface area contributed by atoms with Crippen molar-refractivity contribution in [3.8, 4) is 0 Å². The summed E-state index contributed by atoms with van der Waals surface area (Å²) in [5.74, 6) is -0.301. The minimum Gasteiger partial charge on any atom is -0.465 e. The Kier molecular flexibility index (Phi) is 3.38. The molecule has 1 aliphatic carbocycles. The van der Waals surface area contributed by atoms with Gasteiger partial charge in [0.05, 0.1) is 12.5 Å². The Labute approximate surface area is 92.0 Å². The normalized spacial score (nSPS) is 21.0. The molecule has 0 bridgehead atoms. The van der Waals surface area contributed by atoms with Crippen LogP contribution in [0.4, 0.5) is 0 Å². The van der Waals surface area contributed by atoms with Gasteiger partial charge in [0, 0.05) is 0 Å². The number of ether oxygens (including phenoxy) is 1. The van der Waals surface area contributed by atoms with Crippen LogP contribution in [0.15, 0.2) is 23.3 Å². The predicted octanol–water partition coefficient (Wildman–Crippen LogP) is 3.10. The SMILES string of the molecule is CCOC(=O)C1C=C(C(C)(C)C)C=C1C. The van der Waals surface area contributed by atoms with Gasteiger partial charge >= 0.3 is 5.97 Å². The fourth-order valence-electron chi connectivity index (χ4n) is 1.65. The highest BCUT2D eigenvalue weighted by molar-refractivity contribution is 5.79. The molecule has 0 fully saturated rings. The first kappa shape index (κ1) is 12.0. The van der Waals surface area contributed by atoms with E-state index in [4.69, 9.17) is 4.74 Å². The van der Waals surface area contributed by atoms with Gasteiger partial charge in [-0.2, -0.15) is 0 Å². The second-order valence-electron chi connectivity index (χ2n) is 4.99. The minimum absolute atomic E-state index is 0.0997. The first-order valence-electron chi connectivity index (χ1n) is 5.43. The number of carbonyl (C=O) groups excluding carboxylic acids is 1. The zero-order valence-corrected chi connectivity index (χ0v) is 10.3. The van der Waals surface area contributed by atoms with Gasteiger partial charge in [0.15, 0.2) is 0 Å². The molecule has 1 rings (SSSR count). The average molecular weight is 208 g/mol. The molecule has 0 radical (unpaired) electrons. The van der Waals surface area contributed by atoms with Crippen LogP contribution in [0.5, 0.6) is 0 Å². The summed E-state index contributed by atoms with van der Waals surface area (Å²) in [4.78, 5) is 11.6. The van der Waals surface area contributed by atoms with Gasteiger partial charge in [-0.25, -0.2) is 0 Å². The first-order valence-corrected chi connectivity index (χ1v) is 5.43. The summed E-state index contributed by atoms with van der Waals surface area (Å²) in [7, 11) is 0. The van der Waals surface area contributed by atoms with E-state index in [-0.39, 0.29) is 17.3 Å². The van der Waals surface area contributed by atoms with E-state index in [1.165, 1.54) is 5.57 Å². The Morgan fingerprint density at radius 1 is 1.47 bits per heavy atom. The highest BCUT2D eigenvalue weighted by atomic mass is 16.5. The lowest BCUT2D eigenvalue weighted by atomic mass is 9.87. The van der Waals surface area contributed by atoms with Gasteiger partial charge in [0.1, 0.15) is 0 Å². The molecule has 1 unspecified atom stereocenters. The summed E-state index contributed by atoms with van der Waals surface area (Å²) in [5.41, 5.74) is 2.40. The standard InChI is InChI=1S/C13H20O2/c1-6-15-12(14)11-8-10(7-9(11)2)13(3,4)5/h7-8,11H,6H2,1-5H3. The second kappa shape index (κ2) is 4.21. The lowest BCUT2D eigenvalue weighted by Gasteiger charge is -2.18. The van der Waals surface area contributed by atoms with E-state index >= 15 is 0 Å². The van der Waals surface area contributed by atoms with Gasteiger partial charge in [-0.15, -0.1) is 0 Å². The Hall–Kier alpha value is -1.05. The maximum atomic E-state index is 11.6. The molecule has 15 heavy (non-hydrogen) atoms. The third kappa shape index (κ3) is 2.71. The van der Waals surface area contributed by atoms with Crippen molar-refractivity contribution >= 4 is 5.97 Å². The largest absolute Gasteiger partial charge is 0.465 e. The summed E-state index contributed by atoms with van der Waals surface area (Å²) in [6.07, 6.45) is 4.12. The fraction of sp³-hybridized carbons (Fsp3) is 0.615. The zero-order valence-electron chi connectivity index (χ0n) is 10.3. The number of hydrogen-bond donors (Lipinski definition) is 0. The summed E-state index contributed by atoms with van der Waals surface area (Å²) in [6.45, 7) is 10.7. The molecular weight excluding hydrogens is 188 g/mol. The first-order chi connectivity index (χ1) is 6.86. The van der Waals surface area contributed by atoms with Crippen LogP contribution >= 0.6 is 0 Å². The topological polar surface area (TPSA) is 26.3 Å². The predicted molar refractivity (Wildman–Crippen MR) is 61.4 cm³/mol. The van der Waals surface area contributed by atoms with Crippen molar-refractivity contribution in [3.05, 3.63) is 23.3 Å². The quantitative estimate of drug-likeness (QED) is 0.652. The molecule has 0 N–H and O–H groups in total. The van der Waals surface area contributed by atoms with Crippen molar-refractivity contribution in [2.45, 2.75) is 34.6 Å². The second-order valence-corrected chi connectivity index (χ2v) is 4.99. The number of esters is 1. The summed E-state index contributed by atoms with van der Waals surface area (Å²) in [6, 6.07) is 0. The number of allylic oxidation sites excluding steroid dienone is 2. The average Bonchev–Trinajstić information content (AvgIpc) is 2.47. The molecule has 0 saturated heterocycles. The summed E-state index contributed by atoms with van der Waals surface area (Å²) in [5, 5.41) is 0. The van der Waals surface area contributed by atoms with Gasteiger partial charge < -0.3 is 4.74 Å².